The lowest BCUT2D eigenvalue weighted by Gasteiger charge is -2.27. The molecule has 0 bridgehead atoms. The number of nitrogens with zero attached hydrogens (tertiary/aromatic N) is 1. The van der Waals surface area contributed by atoms with Gasteiger partial charge in [0.05, 0.1) is 11.5 Å². The first-order valence-corrected chi connectivity index (χ1v) is 13.4. The third kappa shape index (κ3) is 7.45. The molecule has 182 valence electrons. The summed E-state index contributed by atoms with van der Waals surface area (Å²) in [4.78, 5) is 12.9. The molecule has 1 saturated carbocycles. The highest BCUT2D eigenvalue weighted by Crippen LogP contribution is 2.37. The fourth-order valence-corrected chi connectivity index (χ4v) is 4.99. The molecule has 3 nitrogen and oxygen atoms in total. The van der Waals surface area contributed by atoms with E-state index < -0.39 is 0 Å². The molecule has 1 aliphatic carbocycles. The van der Waals surface area contributed by atoms with Crippen molar-refractivity contribution in [2.45, 2.75) is 97.3 Å². The van der Waals surface area contributed by atoms with Crippen LogP contribution in [0.15, 0.2) is 42.5 Å². The Morgan fingerprint density at radius 2 is 1.71 bits per heavy atom. The third-order valence-electron chi connectivity index (χ3n) is 7.49. The van der Waals surface area contributed by atoms with Gasteiger partial charge in [-0.2, -0.15) is 5.26 Å². The lowest BCUT2D eigenvalue weighted by molar-refractivity contribution is -0.140. The molecule has 0 heterocycles. The van der Waals surface area contributed by atoms with Crippen LogP contribution in [0.5, 0.6) is 5.75 Å². The van der Waals surface area contributed by atoms with Crippen LogP contribution in [0.25, 0.3) is 0 Å². The van der Waals surface area contributed by atoms with E-state index in [-0.39, 0.29) is 11.9 Å². The number of esters is 1. The number of nitriles is 1. The summed E-state index contributed by atoms with van der Waals surface area (Å²) in [5.41, 5.74) is 4.41. The van der Waals surface area contributed by atoms with E-state index in [9.17, 15) is 10.1 Å². The highest BCUT2D eigenvalue weighted by atomic mass is 16.5. The summed E-state index contributed by atoms with van der Waals surface area (Å²) in [5.74, 6) is 1.37. The molecule has 2 aromatic carbocycles. The molecule has 1 fully saturated rings. The number of carbonyl (C=O) groups is 1. The number of hydrogen-bond donors (Lipinski definition) is 0. The Bertz CT molecular complexity index is 948. The summed E-state index contributed by atoms with van der Waals surface area (Å²) >= 11 is 0. The SMILES string of the molecule is CCCCCCc1ccc(OC(=O)C2CCC(c3ccc(CC(C)CC)cc3)CC2)c(C#N)c1. The van der Waals surface area contributed by atoms with Crippen LogP contribution in [0, 0.1) is 23.2 Å². The third-order valence-corrected chi connectivity index (χ3v) is 7.49. The van der Waals surface area contributed by atoms with Crippen LogP contribution in [0.4, 0.5) is 0 Å². The first kappa shape index (κ1) is 26.0. The second-order valence-electron chi connectivity index (χ2n) is 10.2. The largest absolute Gasteiger partial charge is 0.425 e. The lowest BCUT2D eigenvalue weighted by Crippen LogP contribution is -2.25. The van der Waals surface area contributed by atoms with Gasteiger partial charge in [0.2, 0.25) is 0 Å². The normalized spacial score (nSPS) is 18.8. The molecule has 3 rings (SSSR count). The molecule has 0 radical (unpaired) electrons. The molecular weight excluding hydrogens is 418 g/mol. The zero-order valence-corrected chi connectivity index (χ0v) is 21.3. The first-order chi connectivity index (χ1) is 16.5. The summed E-state index contributed by atoms with van der Waals surface area (Å²) in [6.07, 6.45) is 11.8. The fraction of sp³-hybridized carbons (Fsp3) is 0.548. The van der Waals surface area contributed by atoms with Gasteiger partial charge in [-0.25, -0.2) is 0 Å². The molecule has 1 unspecified atom stereocenters. The van der Waals surface area contributed by atoms with Gasteiger partial charge in [-0.15, -0.1) is 0 Å². The summed E-state index contributed by atoms with van der Waals surface area (Å²) in [7, 11) is 0. The predicted octanol–water partition coefficient (Wildman–Crippen LogP) is 8.15. The monoisotopic (exact) mass is 459 g/mol. The Kier molecular flexibility index (Phi) is 10.2. The number of ether oxygens (including phenoxy) is 1. The quantitative estimate of drug-likeness (QED) is 0.193. The Morgan fingerprint density at radius 3 is 2.35 bits per heavy atom. The van der Waals surface area contributed by atoms with Gasteiger partial charge >= 0.3 is 5.97 Å². The molecule has 2 aromatic rings. The van der Waals surface area contributed by atoms with Crippen molar-refractivity contribution in [3.05, 3.63) is 64.7 Å². The molecule has 0 aliphatic heterocycles. The van der Waals surface area contributed by atoms with E-state index in [0.717, 1.165) is 56.4 Å². The van der Waals surface area contributed by atoms with Crippen LogP contribution in [0.2, 0.25) is 0 Å². The highest BCUT2D eigenvalue weighted by Gasteiger charge is 2.29. The second kappa shape index (κ2) is 13.3. The molecule has 0 N–H and O–H groups in total. The molecular formula is C31H41NO2. The zero-order valence-electron chi connectivity index (χ0n) is 21.3. The molecule has 3 heteroatoms. The maximum atomic E-state index is 12.9. The molecule has 1 aliphatic rings. The Hall–Kier alpha value is -2.60. The molecule has 0 saturated heterocycles. The van der Waals surface area contributed by atoms with Crippen LogP contribution < -0.4 is 4.74 Å². The lowest BCUT2D eigenvalue weighted by atomic mass is 9.78. The number of unbranched alkanes of at least 4 members (excludes halogenated alkanes) is 3. The minimum atomic E-state index is -0.186. The van der Waals surface area contributed by atoms with Crippen molar-refractivity contribution in [2.75, 3.05) is 0 Å². The second-order valence-corrected chi connectivity index (χ2v) is 10.2. The van der Waals surface area contributed by atoms with Crippen molar-refractivity contribution in [1.29, 1.82) is 5.26 Å². The highest BCUT2D eigenvalue weighted by molar-refractivity contribution is 5.76. The smallest absolute Gasteiger partial charge is 0.314 e. The van der Waals surface area contributed by atoms with Gasteiger partial charge in [0, 0.05) is 0 Å². The first-order valence-electron chi connectivity index (χ1n) is 13.4. The van der Waals surface area contributed by atoms with Crippen LogP contribution in [0.3, 0.4) is 0 Å². The number of rotatable bonds is 11. The van der Waals surface area contributed by atoms with Gasteiger partial charge in [-0.3, -0.25) is 4.79 Å². The van der Waals surface area contributed by atoms with Gasteiger partial charge in [0.15, 0.2) is 0 Å². The maximum Gasteiger partial charge on any atom is 0.314 e. The standard InChI is InChI=1S/C31H41NO2/c1-4-6-7-8-9-24-12-19-30(29(21-24)22-32)34-31(33)28-17-15-27(16-18-28)26-13-10-25(11-14-26)20-23(3)5-2/h10-14,19,21,23,27-28H,4-9,15-18,20H2,1-3H3. The summed E-state index contributed by atoms with van der Waals surface area (Å²) < 4.78 is 5.72. The van der Waals surface area contributed by atoms with Gasteiger partial charge in [0.25, 0.3) is 0 Å². The van der Waals surface area contributed by atoms with Crippen molar-refractivity contribution in [2.24, 2.45) is 11.8 Å². The van der Waals surface area contributed by atoms with Gasteiger partial charge in [-0.1, -0.05) is 76.8 Å². The number of hydrogen-bond acceptors (Lipinski definition) is 3. The van der Waals surface area contributed by atoms with E-state index in [1.54, 1.807) is 6.07 Å². The average molecular weight is 460 g/mol. The van der Waals surface area contributed by atoms with Crippen molar-refractivity contribution >= 4 is 5.97 Å². The van der Waals surface area contributed by atoms with Crippen molar-refractivity contribution < 1.29 is 9.53 Å². The fourth-order valence-electron chi connectivity index (χ4n) is 4.99. The van der Waals surface area contributed by atoms with E-state index in [2.05, 4.69) is 51.1 Å². The van der Waals surface area contributed by atoms with Crippen LogP contribution in [-0.4, -0.2) is 5.97 Å². The summed E-state index contributed by atoms with van der Waals surface area (Å²) in [6, 6.07) is 17.0. The van der Waals surface area contributed by atoms with E-state index in [1.165, 1.54) is 36.8 Å². The molecule has 1 atom stereocenters. The van der Waals surface area contributed by atoms with Gasteiger partial charge in [-0.05, 0) is 85.6 Å². The summed E-state index contributed by atoms with van der Waals surface area (Å²) in [5, 5.41) is 9.58. The molecule has 0 amide bonds. The predicted molar refractivity (Wildman–Crippen MR) is 139 cm³/mol. The average Bonchev–Trinajstić information content (AvgIpc) is 2.87. The Morgan fingerprint density at radius 1 is 1.00 bits per heavy atom. The Balaban J connectivity index is 1.51. The topological polar surface area (TPSA) is 50.1 Å². The Labute approximate surface area is 206 Å². The number of carbonyl (C=O) groups excluding carboxylic acids is 1. The molecule has 0 aromatic heterocycles. The minimum absolute atomic E-state index is 0.0822. The van der Waals surface area contributed by atoms with Crippen LogP contribution >= 0.6 is 0 Å². The van der Waals surface area contributed by atoms with E-state index in [1.807, 2.05) is 12.1 Å². The minimum Gasteiger partial charge on any atom is -0.425 e. The van der Waals surface area contributed by atoms with Gasteiger partial charge < -0.3 is 4.74 Å². The maximum absolute atomic E-state index is 12.9. The number of aryl methyl sites for hydroxylation is 1. The number of benzene rings is 2. The zero-order chi connectivity index (χ0) is 24.3. The molecule has 34 heavy (non-hydrogen) atoms. The van der Waals surface area contributed by atoms with Crippen LogP contribution in [-0.2, 0) is 17.6 Å². The van der Waals surface area contributed by atoms with Crippen LogP contribution in [0.1, 0.15) is 107 Å². The van der Waals surface area contributed by atoms with Crippen molar-refractivity contribution in [3.63, 3.8) is 0 Å². The van der Waals surface area contributed by atoms with E-state index in [4.69, 9.17) is 4.74 Å². The van der Waals surface area contributed by atoms with Gasteiger partial charge in [0.1, 0.15) is 11.8 Å². The van der Waals surface area contributed by atoms with E-state index in [0.29, 0.717) is 17.2 Å². The molecule has 0 spiro atoms. The van der Waals surface area contributed by atoms with E-state index >= 15 is 0 Å². The van der Waals surface area contributed by atoms with Crippen molar-refractivity contribution in [1.82, 2.24) is 0 Å². The van der Waals surface area contributed by atoms with Crippen molar-refractivity contribution in [3.8, 4) is 11.8 Å². The summed E-state index contributed by atoms with van der Waals surface area (Å²) in [6.45, 7) is 6.75.